The number of para-hydroxylation sites is 2. The molecule has 1 unspecified atom stereocenters. The third kappa shape index (κ3) is 2.96. The van der Waals surface area contributed by atoms with Crippen molar-refractivity contribution in [3.8, 4) is 0 Å². The lowest BCUT2D eigenvalue weighted by atomic mass is 10.1. The Labute approximate surface area is 107 Å². The number of nitrogens with zero attached hydrogens (tertiary/aromatic N) is 2. The van der Waals surface area contributed by atoms with Gasteiger partial charge in [0.2, 0.25) is 0 Å². The van der Waals surface area contributed by atoms with E-state index in [0.717, 1.165) is 23.3 Å². The molecule has 96 valence electrons. The maximum Gasteiger partial charge on any atom is 0.131 e. The number of ketones is 1. The molecule has 0 radical (unpaired) electrons. The molecule has 0 bridgehead atoms. The number of imidazole rings is 1. The minimum atomic E-state index is 0.197. The van der Waals surface area contributed by atoms with E-state index in [1.54, 1.807) is 6.92 Å². The number of benzene rings is 1. The highest BCUT2D eigenvalue weighted by molar-refractivity contribution is 5.76. The third-order valence-corrected chi connectivity index (χ3v) is 3.12. The first kappa shape index (κ1) is 12.8. The normalized spacial score (nSPS) is 13.1. The average molecular weight is 245 g/mol. The highest BCUT2D eigenvalue weighted by atomic mass is 16.1. The molecular formula is C14H19N3O. The van der Waals surface area contributed by atoms with Gasteiger partial charge in [-0.1, -0.05) is 12.1 Å². The van der Waals surface area contributed by atoms with Gasteiger partial charge >= 0.3 is 0 Å². The van der Waals surface area contributed by atoms with Crippen molar-refractivity contribution in [2.75, 3.05) is 14.1 Å². The van der Waals surface area contributed by atoms with Crippen molar-refractivity contribution < 1.29 is 4.79 Å². The largest absolute Gasteiger partial charge is 0.342 e. The maximum atomic E-state index is 11.3. The van der Waals surface area contributed by atoms with Crippen LogP contribution in [0, 0.1) is 0 Å². The van der Waals surface area contributed by atoms with Gasteiger partial charge in [-0.2, -0.15) is 0 Å². The molecule has 0 amide bonds. The summed E-state index contributed by atoms with van der Waals surface area (Å²) in [6.07, 6.45) is 1.32. The van der Waals surface area contributed by atoms with Gasteiger partial charge in [-0.05, 0) is 33.2 Å². The van der Waals surface area contributed by atoms with Crippen LogP contribution in [0.25, 0.3) is 11.0 Å². The van der Waals surface area contributed by atoms with Gasteiger partial charge in [0.25, 0.3) is 0 Å². The van der Waals surface area contributed by atoms with Crippen LogP contribution in [-0.2, 0) is 11.2 Å². The van der Waals surface area contributed by atoms with E-state index in [9.17, 15) is 4.79 Å². The second-order valence-electron chi connectivity index (χ2n) is 4.93. The first-order valence-corrected chi connectivity index (χ1v) is 6.15. The fourth-order valence-electron chi connectivity index (χ4n) is 2.09. The van der Waals surface area contributed by atoms with E-state index in [0.29, 0.717) is 6.42 Å². The Bertz CT molecular complexity index is 512. The topological polar surface area (TPSA) is 49.0 Å². The lowest BCUT2D eigenvalue weighted by Crippen LogP contribution is -2.32. The summed E-state index contributed by atoms with van der Waals surface area (Å²) in [7, 11) is 3.99. The molecule has 4 heteroatoms. The highest BCUT2D eigenvalue weighted by Gasteiger charge is 2.16. The minimum Gasteiger partial charge on any atom is -0.342 e. The summed E-state index contributed by atoms with van der Waals surface area (Å²) < 4.78 is 0. The van der Waals surface area contributed by atoms with Crippen molar-refractivity contribution in [3.05, 3.63) is 30.1 Å². The van der Waals surface area contributed by atoms with Crippen LogP contribution in [0.3, 0.4) is 0 Å². The number of nitrogens with one attached hydrogen (secondary N) is 1. The van der Waals surface area contributed by atoms with Crippen LogP contribution < -0.4 is 0 Å². The number of aromatic amines is 1. The fourth-order valence-corrected chi connectivity index (χ4v) is 2.09. The van der Waals surface area contributed by atoms with Crippen LogP contribution in [0.4, 0.5) is 0 Å². The molecule has 2 rings (SSSR count). The molecular weight excluding hydrogens is 226 g/mol. The molecule has 0 spiro atoms. The summed E-state index contributed by atoms with van der Waals surface area (Å²) in [6, 6.07) is 8.17. The number of aromatic nitrogens is 2. The molecule has 2 aromatic rings. The summed E-state index contributed by atoms with van der Waals surface area (Å²) in [5.41, 5.74) is 2.03. The fraction of sp³-hybridized carbons (Fsp3) is 0.429. The van der Waals surface area contributed by atoms with Crippen molar-refractivity contribution in [1.82, 2.24) is 14.9 Å². The Kier molecular flexibility index (Phi) is 3.77. The Balaban J connectivity index is 2.17. The van der Waals surface area contributed by atoms with Gasteiger partial charge < -0.3 is 9.88 Å². The van der Waals surface area contributed by atoms with E-state index in [-0.39, 0.29) is 11.8 Å². The SMILES string of the molecule is CC(=O)CC(Cc1nc2ccccc2[nH]1)N(C)C. The van der Waals surface area contributed by atoms with Crippen molar-refractivity contribution in [2.45, 2.75) is 25.8 Å². The number of carbonyl (C=O) groups is 1. The van der Waals surface area contributed by atoms with Crippen LogP contribution >= 0.6 is 0 Å². The summed E-state index contributed by atoms with van der Waals surface area (Å²) >= 11 is 0. The van der Waals surface area contributed by atoms with Crippen LogP contribution in [0.2, 0.25) is 0 Å². The Morgan fingerprint density at radius 2 is 2.11 bits per heavy atom. The minimum absolute atomic E-state index is 0.197. The lowest BCUT2D eigenvalue weighted by Gasteiger charge is -2.22. The molecule has 0 aliphatic heterocycles. The summed E-state index contributed by atoms with van der Waals surface area (Å²) in [4.78, 5) is 21.2. The zero-order chi connectivity index (χ0) is 13.1. The monoisotopic (exact) mass is 245 g/mol. The lowest BCUT2D eigenvalue weighted by molar-refractivity contribution is -0.118. The van der Waals surface area contributed by atoms with E-state index in [4.69, 9.17) is 0 Å². The zero-order valence-corrected chi connectivity index (χ0v) is 11.1. The van der Waals surface area contributed by atoms with Gasteiger partial charge in [-0.3, -0.25) is 4.79 Å². The van der Waals surface area contributed by atoms with Crippen LogP contribution in [0.5, 0.6) is 0 Å². The summed E-state index contributed by atoms with van der Waals surface area (Å²) in [5.74, 6) is 1.15. The van der Waals surface area contributed by atoms with Gasteiger partial charge in [0.1, 0.15) is 11.6 Å². The molecule has 1 aromatic carbocycles. The second-order valence-corrected chi connectivity index (χ2v) is 4.93. The van der Waals surface area contributed by atoms with Gasteiger partial charge in [0, 0.05) is 18.9 Å². The van der Waals surface area contributed by atoms with Crippen LogP contribution in [0.15, 0.2) is 24.3 Å². The van der Waals surface area contributed by atoms with Gasteiger partial charge in [-0.15, -0.1) is 0 Å². The number of hydrogen-bond donors (Lipinski definition) is 1. The molecule has 0 saturated heterocycles. The molecule has 1 N–H and O–H groups in total. The maximum absolute atomic E-state index is 11.3. The average Bonchev–Trinajstić information content (AvgIpc) is 2.69. The first-order valence-electron chi connectivity index (χ1n) is 6.15. The zero-order valence-electron chi connectivity index (χ0n) is 11.1. The third-order valence-electron chi connectivity index (χ3n) is 3.12. The molecule has 0 aliphatic rings. The molecule has 4 nitrogen and oxygen atoms in total. The number of hydrogen-bond acceptors (Lipinski definition) is 3. The van der Waals surface area contributed by atoms with E-state index < -0.39 is 0 Å². The quantitative estimate of drug-likeness (QED) is 0.876. The highest BCUT2D eigenvalue weighted by Crippen LogP contribution is 2.14. The first-order chi connectivity index (χ1) is 8.56. The van der Waals surface area contributed by atoms with Crippen molar-refractivity contribution >= 4 is 16.8 Å². The van der Waals surface area contributed by atoms with E-state index in [1.807, 2.05) is 38.4 Å². The number of Topliss-reactive ketones (excluding diaryl/α,β-unsaturated/α-hetero) is 1. The number of fused-ring (bicyclic) bond motifs is 1. The van der Waals surface area contributed by atoms with Gasteiger partial charge in [-0.25, -0.2) is 4.98 Å². The van der Waals surface area contributed by atoms with E-state index in [1.165, 1.54) is 0 Å². The Morgan fingerprint density at radius 3 is 2.72 bits per heavy atom. The molecule has 1 atom stereocenters. The molecule has 0 saturated carbocycles. The molecule has 1 aromatic heterocycles. The van der Waals surface area contributed by atoms with E-state index in [2.05, 4.69) is 14.9 Å². The summed E-state index contributed by atoms with van der Waals surface area (Å²) in [5, 5.41) is 0. The van der Waals surface area contributed by atoms with Crippen molar-refractivity contribution in [3.63, 3.8) is 0 Å². The number of H-pyrrole nitrogens is 1. The van der Waals surface area contributed by atoms with Crippen molar-refractivity contribution in [1.29, 1.82) is 0 Å². The summed E-state index contributed by atoms with van der Waals surface area (Å²) in [6.45, 7) is 1.63. The number of rotatable bonds is 5. The molecule has 18 heavy (non-hydrogen) atoms. The number of likely N-dealkylation sites (N-methyl/N-ethyl adjacent to an activating group) is 1. The van der Waals surface area contributed by atoms with Gasteiger partial charge in [0.15, 0.2) is 0 Å². The standard InChI is InChI=1S/C14H19N3O/c1-10(18)8-11(17(2)3)9-14-15-12-6-4-5-7-13(12)16-14/h4-7,11H,8-9H2,1-3H3,(H,15,16). The van der Waals surface area contributed by atoms with E-state index >= 15 is 0 Å². The molecule has 0 aliphatic carbocycles. The van der Waals surface area contributed by atoms with Crippen molar-refractivity contribution in [2.24, 2.45) is 0 Å². The molecule has 1 heterocycles. The number of carbonyl (C=O) groups excluding carboxylic acids is 1. The Morgan fingerprint density at radius 1 is 1.39 bits per heavy atom. The predicted octanol–water partition coefficient (Wildman–Crippen LogP) is 2.01. The predicted molar refractivity (Wildman–Crippen MR) is 72.6 cm³/mol. The molecule has 0 fully saturated rings. The Hall–Kier alpha value is -1.68. The van der Waals surface area contributed by atoms with Gasteiger partial charge in [0.05, 0.1) is 11.0 Å². The van der Waals surface area contributed by atoms with Crippen LogP contribution in [-0.4, -0.2) is 40.8 Å². The smallest absolute Gasteiger partial charge is 0.131 e. The second kappa shape index (κ2) is 5.31. The van der Waals surface area contributed by atoms with Crippen LogP contribution in [0.1, 0.15) is 19.2 Å².